The normalized spacial score (nSPS) is 41.5. The van der Waals surface area contributed by atoms with Crippen molar-refractivity contribution in [3.05, 3.63) is 5.82 Å². The van der Waals surface area contributed by atoms with E-state index in [2.05, 4.69) is 21.7 Å². The van der Waals surface area contributed by atoms with Gasteiger partial charge in [0, 0.05) is 12.0 Å². The van der Waals surface area contributed by atoms with Crippen LogP contribution in [-0.2, 0) is 12.0 Å². The Bertz CT molecular complexity index is 441. The van der Waals surface area contributed by atoms with Gasteiger partial charge in [-0.05, 0) is 63.2 Å². The molecule has 0 aromatic carbocycles. The Morgan fingerprint density at radius 1 is 1.11 bits per heavy atom. The topological polar surface area (TPSA) is 56.7 Å². The standard InChI is InChI=1S/C14H22N4/c1-2-18-12(16-17-13(18)15)14-6-9-3-10(7-14)5-11(4-9)8-14/h9-11H,2-8H2,1H3,(H2,15,17). The maximum Gasteiger partial charge on any atom is 0.221 e. The lowest BCUT2D eigenvalue weighted by Gasteiger charge is -2.56. The van der Waals surface area contributed by atoms with E-state index in [9.17, 15) is 0 Å². The first-order valence-corrected chi connectivity index (χ1v) is 7.39. The summed E-state index contributed by atoms with van der Waals surface area (Å²) in [6.07, 6.45) is 8.39. The van der Waals surface area contributed by atoms with Crippen LogP contribution in [0.3, 0.4) is 0 Å². The lowest BCUT2D eigenvalue weighted by Crippen LogP contribution is -2.49. The van der Waals surface area contributed by atoms with Crippen LogP contribution in [0.4, 0.5) is 5.95 Å². The van der Waals surface area contributed by atoms with Crippen molar-refractivity contribution in [1.82, 2.24) is 14.8 Å². The first-order chi connectivity index (χ1) is 8.70. The first-order valence-electron chi connectivity index (χ1n) is 7.39. The zero-order valence-corrected chi connectivity index (χ0v) is 11.1. The molecule has 4 bridgehead atoms. The number of aromatic nitrogens is 3. The van der Waals surface area contributed by atoms with Gasteiger partial charge in [-0.15, -0.1) is 10.2 Å². The van der Waals surface area contributed by atoms with Gasteiger partial charge in [-0.1, -0.05) is 0 Å². The Labute approximate surface area is 108 Å². The minimum atomic E-state index is 0.315. The van der Waals surface area contributed by atoms with Gasteiger partial charge in [0.2, 0.25) is 5.95 Å². The van der Waals surface area contributed by atoms with E-state index in [0.29, 0.717) is 11.4 Å². The summed E-state index contributed by atoms with van der Waals surface area (Å²) in [5, 5.41) is 8.60. The largest absolute Gasteiger partial charge is 0.368 e. The van der Waals surface area contributed by atoms with Crippen molar-refractivity contribution >= 4 is 5.95 Å². The molecule has 0 saturated heterocycles. The van der Waals surface area contributed by atoms with E-state index in [-0.39, 0.29) is 0 Å². The van der Waals surface area contributed by atoms with E-state index in [1.165, 1.54) is 44.3 Å². The minimum absolute atomic E-state index is 0.315. The molecule has 4 heteroatoms. The average molecular weight is 246 g/mol. The molecule has 4 nitrogen and oxygen atoms in total. The summed E-state index contributed by atoms with van der Waals surface area (Å²) in [6, 6.07) is 0. The molecule has 98 valence electrons. The van der Waals surface area contributed by atoms with E-state index in [0.717, 1.165) is 24.3 Å². The third kappa shape index (κ3) is 1.32. The van der Waals surface area contributed by atoms with Crippen molar-refractivity contribution in [3.63, 3.8) is 0 Å². The van der Waals surface area contributed by atoms with E-state index < -0.39 is 0 Å². The second-order valence-electron chi connectivity index (χ2n) is 6.82. The highest BCUT2D eigenvalue weighted by Gasteiger charge is 2.53. The van der Waals surface area contributed by atoms with Gasteiger partial charge in [-0.25, -0.2) is 0 Å². The molecule has 2 N–H and O–H groups in total. The molecule has 0 aliphatic heterocycles. The van der Waals surface area contributed by atoms with Crippen molar-refractivity contribution < 1.29 is 0 Å². The highest BCUT2D eigenvalue weighted by molar-refractivity contribution is 5.25. The summed E-state index contributed by atoms with van der Waals surface area (Å²) in [5.74, 6) is 4.63. The molecule has 0 radical (unpaired) electrons. The minimum Gasteiger partial charge on any atom is -0.368 e. The van der Waals surface area contributed by atoms with Crippen LogP contribution in [0.1, 0.15) is 51.3 Å². The van der Waals surface area contributed by atoms with Crippen molar-refractivity contribution in [3.8, 4) is 0 Å². The number of nitrogens with zero attached hydrogens (tertiary/aromatic N) is 3. The molecular formula is C14H22N4. The Balaban J connectivity index is 1.79. The number of anilines is 1. The molecule has 4 saturated carbocycles. The van der Waals surface area contributed by atoms with Crippen molar-refractivity contribution in [2.75, 3.05) is 5.73 Å². The van der Waals surface area contributed by atoms with E-state index >= 15 is 0 Å². The zero-order valence-electron chi connectivity index (χ0n) is 11.1. The lowest BCUT2D eigenvalue weighted by atomic mass is 9.49. The fraction of sp³-hybridized carbons (Fsp3) is 0.857. The fourth-order valence-corrected chi connectivity index (χ4v) is 5.40. The predicted molar refractivity (Wildman–Crippen MR) is 70.0 cm³/mol. The summed E-state index contributed by atoms with van der Waals surface area (Å²) in [6.45, 7) is 3.04. The van der Waals surface area contributed by atoms with Gasteiger partial charge >= 0.3 is 0 Å². The van der Waals surface area contributed by atoms with Gasteiger partial charge in [-0.3, -0.25) is 4.57 Å². The third-order valence-electron chi connectivity index (χ3n) is 5.61. The molecule has 4 fully saturated rings. The van der Waals surface area contributed by atoms with Crippen LogP contribution in [0, 0.1) is 17.8 Å². The Kier molecular flexibility index (Phi) is 2.10. The number of rotatable bonds is 2. The number of nitrogens with two attached hydrogens (primary N) is 1. The molecule has 0 amide bonds. The molecule has 1 aromatic rings. The molecule has 4 aliphatic carbocycles. The van der Waals surface area contributed by atoms with Gasteiger partial charge in [0.25, 0.3) is 0 Å². The second kappa shape index (κ2) is 3.49. The average Bonchev–Trinajstić information content (AvgIpc) is 2.69. The first kappa shape index (κ1) is 10.8. The molecule has 1 heterocycles. The Morgan fingerprint density at radius 2 is 1.67 bits per heavy atom. The highest BCUT2D eigenvalue weighted by atomic mass is 15.3. The van der Waals surface area contributed by atoms with Crippen LogP contribution in [-0.4, -0.2) is 14.8 Å². The van der Waals surface area contributed by atoms with Crippen LogP contribution in [0.5, 0.6) is 0 Å². The Hall–Kier alpha value is -1.06. The van der Waals surface area contributed by atoms with Gasteiger partial charge < -0.3 is 5.73 Å². The maximum atomic E-state index is 5.96. The van der Waals surface area contributed by atoms with E-state index in [1.807, 2.05) is 0 Å². The van der Waals surface area contributed by atoms with Crippen LogP contribution < -0.4 is 5.73 Å². The van der Waals surface area contributed by atoms with Crippen molar-refractivity contribution in [2.24, 2.45) is 17.8 Å². The summed E-state index contributed by atoms with van der Waals surface area (Å²) < 4.78 is 2.15. The number of hydrogen-bond acceptors (Lipinski definition) is 3. The van der Waals surface area contributed by atoms with Crippen LogP contribution in [0.2, 0.25) is 0 Å². The molecule has 5 rings (SSSR count). The van der Waals surface area contributed by atoms with Gasteiger partial charge in [0.05, 0.1) is 0 Å². The molecule has 0 unspecified atom stereocenters. The molecular weight excluding hydrogens is 224 g/mol. The predicted octanol–water partition coefficient (Wildman–Crippen LogP) is 2.35. The van der Waals surface area contributed by atoms with E-state index in [4.69, 9.17) is 5.73 Å². The van der Waals surface area contributed by atoms with Gasteiger partial charge in [0.15, 0.2) is 0 Å². The lowest BCUT2D eigenvalue weighted by molar-refractivity contribution is -0.0110. The second-order valence-corrected chi connectivity index (χ2v) is 6.82. The molecule has 18 heavy (non-hydrogen) atoms. The quantitative estimate of drug-likeness (QED) is 0.871. The number of nitrogen functional groups attached to an aromatic ring is 1. The zero-order chi connectivity index (χ0) is 12.3. The molecule has 0 atom stereocenters. The monoisotopic (exact) mass is 246 g/mol. The molecule has 4 aliphatic rings. The van der Waals surface area contributed by atoms with Crippen LogP contribution >= 0.6 is 0 Å². The molecule has 1 aromatic heterocycles. The van der Waals surface area contributed by atoms with Crippen LogP contribution in [0.25, 0.3) is 0 Å². The Morgan fingerprint density at radius 3 is 2.17 bits per heavy atom. The summed E-state index contributed by atoms with van der Waals surface area (Å²) in [5.41, 5.74) is 6.27. The fourth-order valence-electron chi connectivity index (χ4n) is 5.40. The summed E-state index contributed by atoms with van der Waals surface area (Å²) >= 11 is 0. The maximum absolute atomic E-state index is 5.96. The SMILES string of the molecule is CCn1c(N)nnc1C12CC3CC(CC(C3)C1)C2. The smallest absolute Gasteiger partial charge is 0.221 e. The highest BCUT2D eigenvalue weighted by Crippen LogP contribution is 2.60. The van der Waals surface area contributed by atoms with Crippen LogP contribution in [0.15, 0.2) is 0 Å². The molecule has 0 spiro atoms. The third-order valence-corrected chi connectivity index (χ3v) is 5.61. The summed E-state index contributed by atoms with van der Waals surface area (Å²) in [4.78, 5) is 0. The van der Waals surface area contributed by atoms with Gasteiger partial charge in [0.1, 0.15) is 5.82 Å². The summed E-state index contributed by atoms with van der Waals surface area (Å²) in [7, 11) is 0. The van der Waals surface area contributed by atoms with Gasteiger partial charge in [-0.2, -0.15) is 0 Å². The number of hydrogen-bond donors (Lipinski definition) is 1. The van der Waals surface area contributed by atoms with Crippen molar-refractivity contribution in [2.45, 2.75) is 57.4 Å². The van der Waals surface area contributed by atoms with Crippen molar-refractivity contribution in [1.29, 1.82) is 0 Å². The van der Waals surface area contributed by atoms with E-state index in [1.54, 1.807) is 0 Å².